The van der Waals surface area contributed by atoms with Gasteiger partial charge in [0.2, 0.25) is 0 Å². The summed E-state index contributed by atoms with van der Waals surface area (Å²) < 4.78 is 21.5. The van der Waals surface area contributed by atoms with Crippen molar-refractivity contribution in [1.82, 2.24) is 4.31 Å². The molecule has 48 valence electrons. The molecule has 0 aromatic heterocycles. The van der Waals surface area contributed by atoms with Gasteiger partial charge in [0, 0.05) is 24.4 Å². The van der Waals surface area contributed by atoms with Crippen LogP contribution in [0.3, 0.4) is 0 Å². The van der Waals surface area contributed by atoms with Gasteiger partial charge in [0.1, 0.15) is 0 Å². The van der Waals surface area contributed by atoms with Crippen molar-refractivity contribution >= 4 is 11.3 Å². The van der Waals surface area contributed by atoms with Crippen LogP contribution in [0.5, 0.6) is 0 Å². The van der Waals surface area contributed by atoms with Gasteiger partial charge < -0.3 is 4.55 Å². The first-order valence-corrected chi connectivity index (χ1v) is 3.57. The van der Waals surface area contributed by atoms with Crippen molar-refractivity contribution < 1.29 is 8.76 Å². The zero-order valence-corrected chi connectivity index (χ0v) is 5.48. The van der Waals surface area contributed by atoms with Gasteiger partial charge in [0.25, 0.3) is 0 Å². The molecule has 0 amide bonds. The third-order valence-electron chi connectivity index (χ3n) is 1.24. The van der Waals surface area contributed by atoms with Gasteiger partial charge in [-0.3, -0.25) is 4.21 Å². The molecular formula is C4H8NO2S-. The van der Waals surface area contributed by atoms with Crippen LogP contribution >= 0.6 is 0 Å². The molecule has 0 radical (unpaired) electrons. The summed E-state index contributed by atoms with van der Waals surface area (Å²) in [7, 11) is 0. The lowest BCUT2D eigenvalue weighted by atomic mass is 10.1. The molecule has 1 atom stereocenters. The van der Waals surface area contributed by atoms with Gasteiger partial charge in [0.05, 0.1) is 0 Å². The lowest BCUT2D eigenvalue weighted by molar-refractivity contribution is 0.212. The number of nitrogens with zero attached hydrogens (tertiary/aromatic N) is 1. The maximum atomic E-state index is 10.1. The fourth-order valence-electron chi connectivity index (χ4n) is 0.763. The van der Waals surface area contributed by atoms with Crippen molar-refractivity contribution in [3.05, 3.63) is 0 Å². The van der Waals surface area contributed by atoms with E-state index in [0.29, 0.717) is 19.0 Å². The molecule has 1 fully saturated rings. The van der Waals surface area contributed by atoms with Crippen LogP contribution in [0, 0.1) is 5.92 Å². The summed E-state index contributed by atoms with van der Waals surface area (Å²) in [4.78, 5) is 0. The second-order valence-corrected chi connectivity index (χ2v) is 3.12. The maximum Gasteiger partial charge on any atom is 0.0209 e. The van der Waals surface area contributed by atoms with Crippen LogP contribution in [0.1, 0.15) is 6.92 Å². The predicted octanol–water partition coefficient (Wildman–Crippen LogP) is -0.268. The van der Waals surface area contributed by atoms with E-state index < -0.39 is 11.3 Å². The van der Waals surface area contributed by atoms with Crippen LogP contribution in [-0.2, 0) is 11.3 Å². The number of rotatable bonds is 1. The average Bonchev–Trinajstić information content (AvgIpc) is 1.57. The van der Waals surface area contributed by atoms with E-state index >= 15 is 0 Å². The normalized spacial score (nSPS) is 27.2. The van der Waals surface area contributed by atoms with Crippen molar-refractivity contribution in [3.8, 4) is 0 Å². The molecule has 0 N–H and O–H groups in total. The lowest BCUT2D eigenvalue weighted by Gasteiger charge is -2.37. The largest absolute Gasteiger partial charge is 0.760 e. The van der Waals surface area contributed by atoms with Crippen LogP contribution in [0.2, 0.25) is 0 Å². The fraction of sp³-hybridized carbons (Fsp3) is 1.00. The first-order chi connectivity index (χ1) is 3.70. The van der Waals surface area contributed by atoms with Crippen molar-refractivity contribution in [3.63, 3.8) is 0 Å². The molecule has 3 nitrogen and oxygen atoms in total. The van der Waals surface area contributed by atoms with Crippen molar-refractivity contribution in [2.75, 3.05) is 13.1 Å². The molecule has 0 aliphatic carbocycles. The molecular weight excluding hydrogens is 126 g/mol. The summed E-state index contributed by atoms with van der Waals surface area (Å²) >= 11 is -1.96. The van der Waals surface area contributed by atoms with Gasteiger partial charge in [-0.1, -0.05) is 6.92 Å². The van der Waals surface area contributed by atoms with Gasteiger partial charge in [0.15, 0.2) is 0 Å². The molecule has 0 spiro atoms. The van der Waals surface area contributed by atoms with E-state index in [1.807, 2.05) is 6.92 Å². The van der Waals surface area contributed by atoms with Crippen LogP contribution < -0.4 is 0 Å². The van der Waals surface area contributed by atoms with Gasteiger partial charge in [-0.2, -0.15) is 0 Å². The third kappa shape index (κ3) is 1.07. The minimum Gasteiger partial charge on any atom is -0.760 e. The Kier molecular flexibility index (Phi) is 1.65. The van der Waals surface area contributed by atoms with Crippen LogP contribution in [-0.4, -0.2) is 26.2 Å². The molecule has 4 heteroatoms. The smallest absolute Gasteiger partial charge is 0.0209 e. The monoisotopic (exact) mass is 134 g/mol. The Hall–Kier alpha value is 0.0700. The third-order valence-corrected chi connectivity index (χ3v) is 1.96. The predicted molar refractivity (Wildman–Crippen MR) is 29.7 cm³/mol. The number of hydrogen-bond acceptors (Lipinski definition) is 2. The summed E-state index contributed by atoms with van der Waals surface area (Å²) in [5.74, 6) is 0.563. The minimum atomic E-state index is -1.96. The quantitative estimate of drug-likeness (QED) is 0.463. The fourth-order valence-corrected chi connectivity index (χ4v) is 1.52. The average molecular weight is 134 g/mol. The molecule has 1 aliphatic heterocycles. The zero-order valence-electron chi connectivity index (χ0n) is 4.66. The van der Waals surface area contributed by atoms with Gasteiger partial charge in [-0.15, -0.1) is 0 Å². The Labute approximate surface area is 51.1 Å². The molecule has 1 rings (SSSR count). The summed E-state index contributed by atoms with van der Waals surface area (Å²) in [6.07, 6.45) is 0. The molecule has 0 aromatic carbocycles. The van der Waals surface area contributed by atoms with Gasteiger partial charge in [-0.25, -0.2) is 4.31 Å². The highest BCUT2D eigenvalue weighted by molar-refractivity contribution is 7.76. The van der Waals surface area contributed by atoms with E-state index in [1.165, 1.54) is 4.31 Å². The Morgan fingerprint density at radius 3 is 2.38 bits per heavy atom. The van der Waals surface area contributed by atoms with Crippen molar-refractivity contribution in [1.29, 1.82) is 0 Å². The van der Waals surface area contributed by atoms with E-state index in [4.69, 9.17) is 0 Å². The molecule has 1 unspecified atom stereocenters. The topological polar surface area (TPSA) is 43.4 Å². The Balaban J connectivity index is 2.25. The second kappa shape index (κ2) is 2.13. The van der Waals surface area contributed by atoms with E-state index in [1.54, 1.807) is 0 Å². The second-order valence-electron chi connectivity index (χ2n) is 2.17. The number of hydrogen-bond donors (Lipinski definition) is 0. The SMILES string of the molecule is CC1CN(S(=O)[O-])C1. The molecule has 1 heterocycles. The van der Waals surface area contributed by atoms with Crippen molar-refractivity contribution in [2.45, 2.75) is 6.92 Å². The summed E-state index contributed by atoms with van der Waals surface area (Å²) in [5, 5.41) is 0. The van der Waals surface area contributed by atoms with E-state index in [9.17, 15) is 8.76 Å². The van der Waals surface area contributed by atoms with Crippen LogP contribution in [0.25, 0.3) is 0 Å². The highest BCUT2D eigenvalue weighted by Crippen LogP contribution is 2.14. The van der Waals surface area contributed by atoms with Crippen LogP contribution in [0.15, 0.2) is 0 Å². The van der Waals surface area contributed by atoms with Gasteiger partial charge >= 0.3 is 0 Å². The molecule has 8 heavy (non-hydrogen) atoms. The summed E-state index contributed by atoms with van der Waals surface area (Å²) in [5.41, 5.74) is 0. The molecule has 0 bridgehead atoms. The van der Waals surface area contributed by atoms with E-state index in [0.717, 1.165) is 0 Å². The Morgan fingerprint density at radius 2 is 2.25 bits per heavy atom. The standard InChI is InChI=1S/C4H9NO2S/c1-4-2-5(3-4)8(6)7/h4H,2-3H2,1H3,(H,6,7)/p-1. The highest BCUT2D eigenvalue weighted by Gasteiger charge is 2.22. The molecule has 1 saturated heterocycles. The van der Waals surface area contributed by atoms with Crippen molar-refractivity contribution in [2.24, 2.45) is 5.92 Å². The highest BCUT2D eigenvalue weighted by atomic mass is 32.2. The maximum absolute atomic E-state index is 10.1. The first-order valence-electron chi connectivity index (χ1n) is 2.54. The lowest BCUT2D eigenvalue weighted by Crippen LogP contribution is -2.45. The van der Waals surface area contributed by atoms with Gasteiger partial charge in [-0.05, 0) is 5.92 Å². The molecule has 0 aromatic rings. The van der Waals surface area contributed by atoms with E-state index in [-0.39, 0.29) is 0 Å². The first kappa shape index (κ1) is 6.19. The molecule has 1 aliphatic rings. The van der Waals surface area contributed by atoms with E-state index in [2.05, 4.69) is 0 Å². The summed E-state index contributed by atoms with van der Waals surface area (Å²) in [6, 6.07) is 0. The molecule has 0 saturated carbocycles. The summed E-state index contributed by atoms with van der Waals surface area (Å²) in [6.45, 7) is 3.44. The Bertz CT molecular complexity index is 111. The minimum absolute atomic E-state index is 0.563. The van der Waals surface area contributed by atoms with Crippen LogP contribution in [0.4, 0.5) is 0 Å². The Morgan fingerprint density at radius 1 is 1.75 bits per heavy atom. The zero-order chi connectivity index (χ0) is 6.15.